The smallest absolute Gasteiger partial charge is 0.262 e. The normalized spacial score (nSPS) is 20.0. The lowest BCUT2D eigenvalue weighted by Crippen LogP contribution is -2.48. The van der Waals surface area contributed by atoms with Gasteiger partial charge in [0.2, 0.25) is 5.91 Å². The molecular weight excluding hydrogens is 504 g/mol. The Kier molecular flexibility index (Phi) is 9.17. The Morgan fingerprint density at radius 1 is 1.05 bits per heavy atom. The molecule has 2 heterocycles. The van der Waals surface area contributed by atoms with Crippen molar-refractivity contribution in [2.24, 2.45) is 11.0 Å². The number of carbonyl (C=O) groups excluding carboxylic acids is 2. The van der Waals surface area contributed by atoms with Crippen LogP contribution in [0.1, 0.15) is 60.4 Å². The summed E-state index contributed by atoms with van der Waals surface area (Å²) in [4.78, 5) is 31.8. The van der Waals surface area contributed by atoms with Crippen LogP contribution in [0.2, 0.25) is 0 Å². The fraction of sp³-hybridized carbons (Fsp3) is 0.531. The first-order chi connectivity index (χ1) is 19.4. The molecule has 0 aromatic heterocycles. The van der Waals surface area contributed by atoms with Crippen molar-refractivity contribution < 1.29 is 19.1 Å². The molecule has 2 aromatic carbocycles. The van der Waals surface area contributed by atoms with Crippen LogP contribution in [0.25, 0.3) is 0 Å². The molecule has 40 heavy (non-hydrogen) atoms. The number of hydrogen-bond acceptors (Lipinski definition) is 6. The van der Waals surface area contributed by atoms with Gasteiger partial charge in [-0.05, 0) is 55.5 Å². The Balaban J connectivity index is 1.41. The topological polar surface area (TPSA) is 74.7 Å². The number of rotatable bonds is 9. The van der Waals surface area contributed by atoms with Gasteiger partial charge in [0.25, 0.3) is 5.91 Å². The summed E-state index contributed by atoms with van der Waals surface area (Å²) in [5.74, 6) is 0.678. The third-order valence-corrected chi connectivity index (χ3v) is 8.64. The van der Waals surface area contributed by atoms with Crippen LogP contribution in [0.4, 0.5) is 0 Å². The third kappa shape index (κ3) is 6.39. The van der Waals surface area contributed by atoms with Crippen molar-refractivity contribution >= 4 is 17.5 Å². The van der Waals surface area contributed by atoms with Crippen LogP contribution in [0.3, 0.4) is 0 Å². The van der Waals surface area contributed by atoms with E-state index in [-0.39, 0.29) is 30.3 Å². The van der Waals surface area contributed by atoms with Crippen LogP contribution in [-0.4, -0.2) is 85.4 Å². The molecule has 2 aliphatic heterocycles. The number of hydrazone groups is 1. The number of amides is 2. The summed E-state index contributed by atoms with van der Waals surface area (Å²) >= 11 is 0. The van der Waals surface area contributed by atoms with E-state index in [9.17, 15) is 9.59 Å². The van der Waals surface area contributed by atoms with Crippen LogP contribution in [0, 0.1) is 19.8 Å². The summed E-state index contributed by atoms with van der Waals surface area (Å²) in [7, 11) is 1.65. The molecule has 0 spiro atoms. The quantitative estimate of drug-likeness (QED) is 0.468. The second-order valence-electron chi connectivity index (χ2n) is 11.2. The number of aryl methyl sites for hydroxylation is 2. The van der Waals surface area contributed by atoms with Gasteiger partial charge in [0.05, 0.1) is 32.1 Å². The Morgan fingerprint density at radius 3 is 2.52 bits per heavy atom. The van der Waals surface area contributed by atoms with Gasteiger partial charge in [0.1, 0.15) is 12.3 Å². The van der Waals surface area contributed by atoms with E-state index >= 15 is 0 Å². The summed E-state index contributed by atoms with van der Waals surface area (Å²) < 4.78 is 11.2. The Morgan fingerprint density at radius 2 is 1.80 bits per heavy atom. The highest BCUT2D eigenvalue weighted by molar-refractivity contribution is 6.03. The van der Waals surface area contributed by atoms with Crippen molar-refractivity contribution in [1.29, 1.82) is 0 Å². The minimum Gasteiger partial charge on any atom is -0.496 e. The van der Waals surface area contributed by atoms with Gasteiger partial charge < -0.3 is 14.4 Å². The van der Waals surface area contributed by atoms with Crippen molar-refractivity contribution in [3.05, 3.63) is 64.7 Å². The maximum absolute atomic E-state index is 14.1. The van der Waals surface area contributed by atoms with Crippen molar-refractivity contribution in [2.75, 3.05) is 53.0 Å². The summed E-state index contributed by atoms with van der Waals surface area (Å²) in [6, 6.07) is 13.8. The fourth-order valence-corrected chi connectivity index (χ4v) is 6.04. The van der Waals surface area contributed by atoms with Gasteiger partial charge in [-0.25, -0.2) is 5.01 Å². The van der Waals surface area contributed by atoms with E-state index in [0.29, 0.717) is 26.2 Å². The molecule has 0 bridgehead atoms. The first-order valence-electron chi connectivity index (χ1n) is 14.6. The highest BCUT2D eigenvalue weighted by Crippen LogP contribution is 2.38. The second kappa shape index (κ2) is 13.0. The molecule has 8 heteroatoms. The zero-order chi connectivity index (χ0) is 28.1. The van der Waals surface area contributed by atoms with Crippen molar-refractivity contribution in [1.82, 2.24) is 14.8 Å². The average molecular weight is 547 g/mol. The molecule has 214 valence electrons. The lowest BCUT2D eigenvalue weighted by atomic mass is 9.96. The van der Waals surface area contributed by atoms with Crippen molar-refractivity contribution in [3.63, 3.8) is 0 Å². The van der Waals surface area contributed by atoms with E-state index in [1.807, 2.05) is 24.3 Å². The van der Waals surface area contributed by atoms with Crippen LogP contribution in [0.5, 0.6) is 5.75 Å². The van der Waals surface area contributed by atoms with Crippen LogP contribution >= 0.6 is 0 Å². The van der Waals surface area contributed by atoms with Gasteiger partial charge in [-0.2, -0.15) is 5.10 Å². The number of para-hydroxylation sites is 1. The first-order valence-corrected chi connectivity index (χ1v) is 14.6. The largest absolute Gasteiger partial charge is 0.496 e. The van der Waals surface area contributed by atoms with Gasteiger partial charge in [-0.1, -0.05) is 43.2 Å². The fourth-order valence-electron chi connectivity index (χ4n) is 6.04. The Bertz CT molecular complexity index is 1230. The predicted molar refractivity (Wildman–Crippen MR) is 155 cm³/mol. The van der Waals surface area contributed by atoms with E-state index in [4.69, 9.17) is 14.6 Å². The Hall–Kier alpha value is -3.23. The molecule has 0 radical (unpaired) electrons. The molecule has 1 saturated carbocycles. The van der Waals surface area contributed by atoms with Crippen LogP contribution in [-0.2, 0) is 14.3 Å². The zero-order valence-electron chi connectivity index (χ0n) is 24.1. The number of ether oxygens (including phenoxy) is 2. The molecule has 1 saturated heterocycles. The van der Waals surface area contributed by atoms with Crippen LogP contribution in [0.15, 0.2) is 47.6 Å². The summed E-state index contributed by atoms with van der Waals surface area (Å²) in [5.41, 5.74) is 5.22. The molecule has 5 rings (SSSR count). The maximum Gasteiger partial charge on any atom is 0.262 e. The molecule has 3 aliphatic rings. The highest BCUT2D eigenvalue weighted by atomic mass is 16.5. The van der Waals surface area contributed by atoms with Gasteiger partial charge in [-0.3, -0.25) is 14.5 Å². The molecule has 0 N–H and O–H groups in total. The number of hydrogen-bond donors (Lipinski definition) is 0. The molecule has 1 atom stereocenters. The van der Waals surface area contributed by atoms with Gasteiger partial charge in [0.15, 0.2) is 0 Å². The third-order valence-electron chi connectivity index (χ3n) is 8.64. The molecule has 1 aliphatic carbocycles. The van der Waals surface area contributed by atoms with E-state index < -0.39 is 0 Å². The SMILES string of the molecule is COc1ccccc1[C@H]1CC(c2ccc(C)c(C)c2)=NN1C(=O)CN(CCN1CCOCC1)C(=O)C1CCCC1. The maximum atomic E-state index is 14.1. The zero-order valence-corrected chi connectivity index (χ0v) is 24.1. The number of benzene rings is 2. The summed E-state index contributed by atoms with van der Waals surface area (Å²) in [6.45, 7) is 8.60. The van der Waals surface area contributed by atoms with Crippen LogP contribution < -0.4 is 4.74 Å². The lowest BCUT2D eigenvalue weighted by Gasteiger charge is -2.32. The van der Waals surface area contributed by atoms with Gasteiger partial charge in [0, 0.05) is 44.1 Å². The summed E-state index contributed by atoms with van der Waals surface area (Å²) in [6.07, 6.45) is 4.55. The molecule has 0 unspecified atom stereocenters. The van der Waals surface area contributed by atoms with Gasteiger partial charge in [-0.15, -0.1) is 0 Å². The molecular formula is C32H42N4O4. The number of methoxy groups -OCH3 is 1. The van der Waals surface area contributed by atoms with E-state index in [1.165, 1.54) is 11.1 Å². The van der Waals surface area contributed by atoms with Crippen molar-refractivity contribution in [2.45, 2.75) is 52.0 Å². The number of morpholine rings is 1. The molecule has 8 nitrogen and oxygen atoms in total. The average Bonchev–Trinajstić information content (AvgIpc) is 3.68. The number of carbonyl (C=O) groups is 2. The van der Waals surface area contributed by atoms with Gasteiger partial charge >= 0.3 is 0 Å². The molecule has 2 aromatic rings. The number of nitrogens with zero attached hydrogens (tertiary/aromatic N) is 4. The highest BCUT2D eigenvalue weighted by Gasteiger charge is 2.37. The van der Waals surface area contributed by atoms with Crippen molar-refractivity contribution in [3.8, 4) is 5.75 Å². The second-order valence-corrected chi connectivity index (χ2v) is 11.2. The lowest BCUT2D eigenvalue weighted by molar-refractivity contribution is -0.144. The molecule has 2 amide bonds. The van der Waals surface area contributed by atoms with E-state index in [2.05, 4.69) is 36.9 Å². The minimum absolute atomic E-state index is 0.00989. The summed E-state index contributed by atoms with van der Waals surface area (Å²) in [5, 5.41) is 6.51. The minimum atomic E-state index is -0.303. The predicted octanol–water partition coefficient (Wildman–Crippen LogP) is 4.34. The monoisotopic (exact) mass is 546 g/mol. The van der Waals surface area contributed by atoms with E-state index in [0.717, 1.165) is 67.9 Å². The standard InChI is InChI=1S/C32H42N4O4/c1-23-12-13-26(20-24(23)2)28-21-29(27-10-6-7-11-30(27)39-3)36(33-28)31(37)22-35(32(38)25-8-4-5-9-25)15-14-34-16-18-40-19-17-34/h6-7,10-13,20,25,29H,4-5,8-9,14-19,21-22H2,1-3H3/t29-/m1/s1. The Labute approximate surface area is 237 Å². The first kappa shape index (κ1) is 28.3. The van der Waals surface area contributed by atoms with E-state index in [1.54, 1.807) is 17.0 Å². The molecule has 2 fully saturated rings.